The van der Waals surface area contributed by atoms with E-state index in [1.165, 1.54) is 16.8 Å². The number of hydrogen-bond donors (Lipinski definition) is 0. The molecule has 0 N–H and O–H groups in total. The summed E-state index contributed by atoms with van der Waals surface area (Å²) in [7, 11) is 0. The van der Waals surface area contributed by atoms with Gasteiger partial charge in [0.25, 0.3) is 0 Å². The fourth-order valence-corrected chi connectivity index (χ4v) is 4.03. The largest absolute Gasteiger partial charge is 0.299 e. The molecule has 2 heteroatoms. The van der Waals surface area contributed by atoms with Gasteiger partial charge in [0.05, 0.1) is 5.69 Å². The first-order valence-corrected chi connectivity index (χ1v) is 9.10. The Balaban J connectivity index is 1.58. The maximum atomic E-state index is 4.74. The van der Waals surface area contributed by atoms with Crippen LogP contribution in [0.25, 0.3) is 0 Å². The van der Waals surface area contributed by atoms with Gasteiger partial charge in [0.15, 0.2) is 0 Å². The van der Waals surface area contributed by atoms with Crippen LogP contribution in [0.4, 0.5) is 0 Å². The molecule has 1 aliphatic rings. The molecular weight excluding hydrogens is 304 g/mol. The van der Waals surface area contributed by atoms with Gasteiger partial charge in [-0.15, -0.1) is 0 Å². The molecule has 1 saturated heterocycles. The van der Waals surface area contributed by atoms with Crippen molar-refractivity contribution in [1.29, 1.82) is 0 Å². The van der Waals surface area contributed by atoms with Gasteiger partial charge in [-0.05, 0) is 49.2 Å². The van der Waals surface area contributed by atoms with E-state index in [1.807, 2.05) is 12.3 Å². The van der Waals surface area contributed by atoms with Crippen molar-refractivity contribution in [3.63, 3.8) is 0 Å². The van der Waals surface area contributed by atoms with Crippen LogP contribution in [-0.2, 0) is 12.0 Å². The summed E-state index contributed by atoms with van der Waals surface area (Å²) in [6, 6.07) is 28.0. The van der Waals surface area contributed by atoms with Gasteiger partial charge in [0, 0.05) is 18.2 Å². The SMILES string of the molecule is c1ccc(CN2CCC(c3ccccc3)(c3ccccn3)CC2)cc1. The third-order valence-electron chi connectivity index (χ3n) is 5.44. The highest BCUT2D eigenvalue weighted by Crippen LogP contribution is 2.40. The Morgan fingerprint density at radius 1 is 0.760 bits per heavy atom. The van der Waals surface area contributed by atoms with Crippen LogP contribution in [0, 0.1) is 0 Å². The first kappa shape index (κ1) is 16.0. The van der Waals surface area contributed by atoms with Crippen LogP contribution in [0.3, 0.4) is 0 Å². The Bertz CT molecular complexity index is 735. The number of aromatic nitrogens is 1. The third-order valence-corrected chi connectivity index (χ3v) is 5.44. The third kappa shape index (κ3) is 3.35. The Kier molecular flexibility index (Phi) is 4.62. The lowest BCUT2D eigenvalue weighted by Crippen LogP contribution is -2.43. The average Bonchev–Trinajstić information content (AvgIpc) is 2.71. The zero-order valence-corrected chi connectivity index (χ0v) is 14.5. The Morgan fingerprint density at radius 2 is 1.40 bits per heavy atom. The van der Waals surface area contributed by atoms with Gasteiger partial charge in [0.1, 0.15) is 0 Å². The highest BCUT2D eigenvalue weighted by Gasteiger charge is 2.38. The van der Waals surface area contributed by atoms with Crippen LogP contribution < -0.4 is 0 Å². The van der Waals surface area contributed by atoms with Crippen LogP contribution in [-0.4, -0.2) is 23.0 Å². The molecule has 3 aromatic rings. The maximum absolute atomic E-state index is 4.74. The van der Waals surface area contributed by atoms with Gasteiger partial charge in [-0.1, -0.05) is 66.7 Å². The molecule has 0 atom stereocenters. The van der Waals surface area contributed by atoms with E-state index in [0.717, 1.165) is 32.5 Å². The molecule has 0 bridgehead atoms. The van der Waals surface area contributed by atoms with Crippen molar-refractivity contribution in [3.8, 4) is 0 Å². The number of benzene rings is 2. The Hall–Kier alpha value is -2.45. The van der Waals surface area contributed by atoms with E-state index in [9.17, 15) is 0 Å². The predicted octanol–water partition coefficient (Wildman–Crippen LogP) is 4.66. The maximum Gasteiger partial charge on any atom is 0.0510 e. The smallest absolute Gasteiger partial charge is 0.0510 e. The summed E-state index contributed by atoms with van der Waals surface area (Å²) >= 11 is 0. The van der Waals surface area contributed by atoms with Crippen molar-refractivity contribution in [2.24, 2.45) is 0 Å². The van der Waals surface area contributed by atoms with E-state index in [1.54, 1.807) is 0 Å². The molecule has 1 aromatic heterocycles. The Morgan fingerprint density at radius 3 is 2.04 bits per heavy atom. The van der Waals surface area contributed by atoms with Gasteiger partial charge in [-0.3, -0.25) is 9.88 Å². The van der Waals surface area contributed by atoms with E-state index in [4.69, 9.17) is 4.98 Å². The summed E-state index contributed by atoms with van der Waals surface area (Å²) in [6.45, 7) is 3.23. The van der Waals surface area contributed by atoms with Crippen molar-refractivity contribution in [2.75, 3.05) is 13.1 Å². The Labute approximate surface area is 150 Å². The lowest BCUT2D eigenvalue weighted by molar-refractivity contribution is 0.170. The van der Waals surface area contributed by atoms with Gasteiger partial charge in [-0.2, -0.15) is 0 Å². The van der Waals surface area contributed by atoms with Crippen LogP contribution in [0.1, 0.15) is 29.7 Å². The molecule has 126 valence electrons. The topological polar surface area (TPSA) is 16.1 Å². The van der Waals surface area contributed by atoms with Gasteiger partial charge >= 0.3 is 0 Å². The van der Waals surface area contributed by atoms with Crippen molar-refractivity contribution in [1.82, 2.24) is 9.88 Å². The molecule has 0 radical (unpaired) electrons. The zero-order valence-electron chi connectivity index (χ0n) is 14.5. The summed E-state index contributed by atoms with van der Waals surface area (Å²) in [5, 5.41) is 0. The molecule has 0 aliphatic carbocycles. The molecule has 25 heavy (non-hydrogen) atoms. The van der Waals surface area contributed by atoms with E-state index in [2.05, 4.69) is 77.7 Å². The van der Waals surface area contributed by atoms with Crippen LogP contribution >= 0.6 is 0 Å². The summed E-state index contributed by atoms with van der Waals surface area (Å²) in [6.07, 6.45) is 4.15. The number of hydrogen-bond acceptors (Lipinski definition) is 2. The molecule has 1 aliphatic heterocycles. The predicted molar refractivity (Wildman–Crippen MR) is 102 cm³/mol. The minimum absolute atomic E-state index is 0.0374. The lowest BCUT2D eigenvalue weighted by Gasteiger charge is -2.42. The molecule has 2 nitrogen and oxygen atoms in total. The van der Waals surface area contributed by atoms with E-state index >= 15 is 0 Å². The van der Waals surface area contributed by atoms with Crippen molar-refractivity contribution in [2.45, 2.75) is 24.8 Å². The number of piperidine rings is 1. The van der Waals surface area contributed by atoms with Gasteiger partial charge < -0.3 is 0 Å². The minimum atomic E-state index is 0.0374. The second-order valence-electron chi connectivity index (χ2n) is 6.92. The highest BCUT2D eigenvalue weighted by atomic mass is 15.1. The fourth-order valence-electron chi connectivity index (χ4n) is 4.03. The molecule has 4 rings (SSSR count). The van der Waals surface area contributed by atoms with Crippen LogP contribution in [0.2, 0.25) is 0 Å². The van der Waals surface area contributed by atoms with Crippen molar-refractivity contribution in [3.05, 3.63) is 102 Å². The second kappa shape index (κ2) is 7.20. The fraction of sp³-hybridized carbons (Fsp3) is 0.261. The summed E-state index contributed by atoms with van der Waals surface area (Å²) in [5.41, 5.74) is 4.04. The number of rotatable bonds is 4. The molecule has 2 heterocycles. The lowest BCUT2D eigenvalue weighted by atomic mass is 9.70. The van der Waals surface area contributed by atoms with Gasteiger partial charge in [-0.25, -0.2) is 0 Å². The molecule has 2 aromatic carbocycles. The summed E-state index contributed by atoms with van der Waals surface area (Å²) in [5.74, 6) is 0. The molecular formula is C23H24N2. The summed E-state index contributed by atoms with van der Waals surface area (Å²) in [4.78, 5) is 7.31. The van der Waals surface area contributed by atoms with Crippen LogP contribution in [0.15, 0.2) is 85.1 Å². The normalized spacial score (nSPS) is 17.3. The number of likely N-dealkylation sites (tertiary alicyclic amines) is 1. The first-order chi connectivity index (χ1) is 12.4. The second-order valence-corrected chi connectivity index (χ2v) is 6.92. The van der Waals surface area contributed by atoms with E-state index in [0.29, 0.717) is 0 Å². The average molecular weight is 328 g/mol. The molecule has 1 fully saturated rings. The summed E-state index contributed by atoms with van der Waals surface area (Å²) < 4.78 is 0. The monoisotopic (exact) mass is 328 g/mol. The zero-order chi connectivity index (χ0) is 17.0. The molecule has 0 unspecified atom stereocenters. The quantitative estimate of drug-likeness (QED) is 0.692. The van der Waals surface area contributed by atoms with Crippen LogP contribution in [0.5, 0.6) is 0 Å². The van der Waals surface area contributed by atoms with Crippen molar-refractivity contribution >= 4 is 0 Å². The van der Waals surface area contributed by atoms with Crippen molar-refractivity contribution < 1.29 is 0 Å². The highest BCUT2D eigenvalue weighted by molar-refractivity contribution is 5.36. The van der Waals surface area contributed by atoms with E-state index < -0.39 is 0 Å². The standard InChI is InChI=1S/C23H24N2/c1-3-9-20(10-4-1)19-25-17-14-23(15-18-25,21-11-5-2-6-12-21)22-13-7-8-16-24-22/h1-13,16H,14-15,17-19H2. The molecule has 0 spiro atoms. The van der Waals surface area contributed by atoms with E-state index in [-0.39, 0.29) is 5.41 Å². The molecule has 0 saturated carbocycles. The van der Waals surface area contributed by atoms with Gasteiger partial charge in [0.2, 0.25) is 0 Å². The number of pyridine rings is 1. The number of nitrogens with zero attached hydrogens (tertiary/aromatic N) is 2. The molecule has 0 amide bonds. The minimum Gasteiger partial charge on any atom is -0.299 e. The first-order valence-electron chi connectivity index (χ1n) is 9.10.